The van der Waals surface area contributed by atoms with E-state index in [-0.39, 0.29) is 11.8 Å². The number of nitrogens with zero attached hydrogens (tertiary/aromatic N) is 2. The highest BCUT2D eigenvalue weighted by molar-refractivity contribution is 6.05. The predicted molar refractivity (Wildman–Crippen MR) is 115 cm³/mol. The number of fused-ring (bicyclic) bond motifs is 1. The maximum absolute atomic E-state index is 12.6. The lowest BCUT2D eigenvalue weighted by Crippen LogP contribution is -2.45. The maximum atomic E-state index is 12.6. The Kier molecular flexibility index (Phi) is 5.92. The molecule has 0 spiro atoms. The standard InChI is InChI=1S/C23H28N4O2/c1-26-12-14-27(15-13-26)11-10-17-2-6-20(7-3-17)24-23(29)19-4-8-21-18(16-19)5-9-22(28)25-21/h2-4,6-8,16H,5,9-15H2,1H3,(H,24,29)(H,25,28). The summed E-state index contributed by atoms with van der Waals surface area (Å²) in [5, 5.41) is 5.81. The molecule has 2 heterocycles. The van der Waals surface area contributed by atoms with Gasteiger partial charge in [0.05, 0.1) is 0 Å². The summed E-state index contributed by atoms with van der Waals surface area (Å²) in [5.74, 6) is -0.0997. The number of piperazine rings is 1. The first kappa shape index (κ1) is 19.6. The van der Waals surface area contributed by atoms with E-state index in [2.05, 4.69) is 39.6 Å². The number of benzene rings is 2. The summed E-state index contributed by atoms with van der Waals surface area (Å²) in [4.78, 5) is 28.9. The third-order valence-corrected chi connectivity index (χ3v) is 5.79. The molecular weight excluding hydrogens is 364 g/mol. The Hall–Kier alpha value is -2.70. The lowest BCUT2D eigenvalue weighted by atomic mass is 10.00. The molecule has 0 radical (unpaired) electrons. The third-order valence-electron chi connectivity index (χ3n) is 5.79. The molecule has 2 N–H and O–H groups in total. The normalized spacial score (nSPS) is 17.5. The molecular formula is C23H28N4O2. The first-order valence-electron chi connectivity index (χ1n) is 10.3. The van der Waals surface area contributed by atoms with Crippen molar-refractivity contribution in [2.24, 2.45) is 0 Å². The zero-order valence-electron chi connectivity index (χ0n) is 16.9. The second-order valence-corrected chi connectivity index (χ2v) is 7.97. The van der Waals surface area contributed by atoms with E-state index >= 15 is 0 Å². The van der Waals surface area contributed by atoms with Crippen LogP contribution in [-0.2, 0) is 17.6 Å². The second-order valence-electron chi connectivity index (χ2n) is 7.97. The van der Waals surface area contributed by atoms with E-state index in [1.165, 1.54) is 5.56 Å². The molecule has 0 atom stereocenters. The van der Waals surface area contributed by atoms with Crippen molar-refractivity contribution < 1.29 is 9.59 Å². The molecule has 0 saturated carbocycles. The largest absolute Gasteiger partial charge is 0.326 e. The van der Waals surface area contributed by atoms with Crippen LogP contribution >= 0.6 is 0 Å². The van der Waals surface area contributed by atoms with E-state index in [1.54, 1.807) is 6.07 Å². The summed E-state index contributed by atoms with van der Waals surface area (Å²) in [6, 6.07) is 13.6. The van der Waals surface area contributed by atoms with Crippen molar-refractivity contribution in [1.82, 2.24) is 9.80 Å². The van der Waals surface area contributed by atoms with Crippen LogP contribution in [0.5, 0.6) is 0 Å². The van der Waals surface area contributed by atoms with Gasteiger partial charge in [-0.15, -0.1) is 0 Å². The zero-order chi connectivity index (χ0) is 20.2. The number of hydrogen-bond acceptors (Lipinski definition) is 4. The van der Waals surface area contributed by atoms with Crippen LogP contribution in [0.15, 0.2) is 42.5 Å². The molecule has 0 unspecified atom stereocenters. The third kappa shape index (κ3) is 5.02. The number of rotatable bonds is 5. The first-order valence-corrected chi connectivity index (χ1v) is 10.3. The smallest absolute Gasteiger partial charge is 0.255 e. The van der Waals surface area contributed by atoms with Gasteiger partial charge in [0.25, 0.3) is 5.91 Å². The number of carbonyl (C=O) groups excluding carboxylic acids is 2. The Bertz CT molecular complexity index is 886. The maximum Gasteiger partial charge on any atom is 0.255 e. The van der Waals surface area contributed by atoms with Gasteiger partial charge in [-0.3, -0.25) is 9.59 Å². The minimum Gasteiger partial charge on any atom is -0.326 e. The van der Waals surface area contributed by atoms with Gasteiger partial charge in [0.1, 0.15) is 0 Å². The van der Waals surface area contributed by atoms with Crippen molar-refractivity contribution in [2.75, 3.05) is 50.4 Å². The van der Waals surface area contributed by atoms with Gasteiger partial charge >= 0.3 is 0 Å². The van der Waals surface area contributed by atoms with Gasteiger partial charge in [0.15, 0.2) is 0 Å². The van der Waals surface area contributed by atoms with Gasteiger partial charge in [0.2, 0.25) is 5.91 Å². The lowest BCUT2D eigenvalue weighted by molar-refractivity contribution is -0.116. The number of likely N-dealkylation sites (N-methyl/N-ethyl adjacent to an activating group) is 1. The lowest BCUT2D eigenvalue weighted by Gasteiger charge is -2.32. The Labute approximate surface area is 171 Å². The molecule has 2 aromatic carbocycles. The number of amides is 2. The van der Waals surface area contributed by atoms with Crippen molar-refractivity contribution in [3.05, 3.63) is 59.2 Å². The molecule has 6 heteroatoms. The summed E-state index contributed by atoms with van der Waals surface area (Å²) in [6.07, 6.45) is 2.16. The number of nitrogens with one attached hydrogen (secondary N) is 2. The van der Waals surface area contributed by atoms with Crippen molar-refractivity contribution in [2.45, 2.75) is 19.3 Å². The molecule has 0 bridgehead atoms. The number of carbonyl (C=O) groups is 2. The Morgan fingerprint density at radius 3 is 2.55 bits per heavy atom. The molecule has 2 aliphatic rings. The molecule has 1 saturated heterocycles. The molecule has 1 fully saturated rings. The fourth-order valence-electron chi connectivity index (χ4n) is 3.84. The molecule has 2 aliphatic heterocycles. The number of anilines is 2. The highest BCUT2D eigenvalue weighted by Gasteiger charge is 2.17. The molecule has 0 aliphatic carbocycles. The van der Waals surface area contributed by atoms with E-state index in [4.69, 9.17) is 0 Å². The van der Waals surface area contributed by atoms with E-state index in [9.17, 15) is 9.59 Å². The Morgan fingerprint density at radius 2 is 1.79 bits per heavy atom. The summed E-state index contributed by atoms with van der Waals surface area (Å²) in [5.41, 5.74) is 4.51. The van der Waals surface area contributed by atoms with Crippen LogP contribution in [0.3, 0.4) is 0 Å². The quantitative estimate of drug-likeness (QED) is 0.821. The van der Waals surface area contributed by atoms with Gasteiger partial charge in [-0.25, -0.2) is 0 Å². The van der Waals surface area contributed by atoms with E-state index in [0.29, 0.717) is 18.4 Å². The molecule has 29 heavy (non-hydrogen) atoms. The minimum atomic E-state index is -0.130. The van der Waals surface area contributed by atoms with Crippen LogP contribution in [0, 0.1) is 0 Å². The summed E-state index contributed by atoms with van der Waals surface area (Å²) >= 11 is 0. The van der Waals surface area contributed by atoms with Crippen LogP contribution in [0.2, 0.25) is 0 Å². The number of aryl methyl sites for hydroxylation is 1. The fourth-order valence-corrected chi connectivity index (χ4v) is 3.84. The van der Waals surface area contributed by atoms with Gasteiger partial charge in [-0.1, -0.05) is 12.1 Å². The molecule has 2 aromatic rings. The highest BCUT2D eigenvalue weighted by Crippen LogP contribution is 2.24. The average molecular weight is 393 g/mol. The van der Waals surface area contributed by atoms with Crippen LogP contribution in [-0.4, -0.2) is 61.4 Å². The van der Waals surface area contributed by atoms with Gasteiger partial charge < -0.3 is 20.4 Å². The molecule has 4 rings (SSSR count). The predicted octanol–water partition coefficient (Wildman–Crippen LogP) is 2.61. The average Bonchev–Trinajstić information content (AvgIpc) is 2.74. The summed E-state index contributed by atoms with van der Waals surface area (Å²) in [7, 11) is 2.17. The Morgan fingerprint density at radius 1 is 1.03 bits per heavy atom. The summed E-state index contributed by atoms with van der Waals surface area (Å²) in [6.45, 7) is 5.62. The molecule has 152 valence electrons. The second kappa shape index (κ2) is 8.76. The van der Waals surface area contributed by atoms with Crippen LogP contribution in [0.1, 0.15) is 27.9 Å². The molecule has 2 amide bonds. The van der Waals surface area contributed by atoms with Crippen molar-refractivity contribution in [3.63, 3.8) is 0 Å². The van der Waals surface area contributed by atoms with Gasteiger partial charge in [-0.05, 0) is 61.3 Å². The van der Waals surface area contributed by atoms with Crippen LogP contribution in [0.4, 0.5) is 11.4 Å². The molecule has 0 aromatic heterocycles. The SMILES string of the molecule is CN1CCN(CCc2ccc(NC(=O)c3ccc4c(c3)CCC(=O)N4)cc2)CC1. The minimum absolute atomic E-state index is 0.0300. The van der Waals surface area contributed by atoms with E-state index < -0.39 is 0 Å². The van der Waals surface area contributed by atoms with Crippen LogP contribution in [0.25, 0.3) is 0 Å². The zero-order valence-corrected chi connectivity index (χ0v) is 16.9. The van der Waals surface area contributed by atoms with Gasteiger partial charge in [-0.2, -0.15) is 0 Å². The molecule has 6 nitrogen and oxygen atoms in total. The van der Waals surface area contributed by atoms with Crippen molar-refractivity contribution >= 4 is 23.2 Å². The van der Waals surface area contributed by atoms with Crippen molar-refractivity contribution in [1.29, 1.82) is 0 Å². The first-order chi connectivity index (χ1) is 14.1. The van der Waals surface area contributed by atoms with Crippen LogP contribution < -0.4 is 10.6 Å². The van der Waals surface area contributed by atoms with Gasteiger partial charge in [0, 0.05) is 56.1 Å². The number of hydrogen-bond donors (Lipinski definition) is 2. The van der Waals surface area contributed by atoms with Crippen molar-refractivity contribution in [3.8, 4) is 0 Å². The monoisotopic (exact) mass is 392 g/mol. The Balaban J connectivity index is 1.31. The fraction of sp³-hybridized carbons (Fsp3) is 0.391. The summed E-state index contributed by atoms with van der Waals surface area (Å²) < 4.78 is 0. The topological polar surface area (TPSA) is 64.7 Å². The van der Waals surface area contributed by atoms with E-state index in [0.717, 1.165) is 56.1 Å². The van der Waals surface area contributed by atoms with E-state index in [1.807, 2.05) is 24.3 Å². The highest BCUT2D eigenvalue weighted by atomic mass is 16.2.